The van der Waals surface area contributed by atoms with Crippen molar-refractivity contribution in [3.05, 3.63) is 0 Å². The molecule has 0 spiro atoms. The summed E-state index contributed by atoms with van der Waals surface area (Å²) in [5.41, 5.74) is 0. The van der Waals surface area contributed by atoms with E-state index in [1.807, 2.05) is 0 Å². The van der Waals surface area contributed by atoms with Gasteiger partial charge in [-0.2, -0.15) is 12.6 Å². The van der Waals surface area contributed by atoms with Gasteiger partial charge in [-0.05, 0) is 12.2 Å². The summed E-state index contributed by atoms with van der Waals surface area (Å²) in [7, 11) is 0. The van der Waals surface area contributed by atoms with Crippen LogP contribution in [-0.4, -0.2) is 5.75 Å². The Hall–Kier alpha value is 0.844. The molecule has 0 bridgehead atoms. The summed E-state index contributed by atoms with van der Waals surface area (Å²) in [5, 5.41) is 0. The third kappa shape index (κ3) is 11.5. The Labute approximate surface area is 48.7 Å². The van der Waals surface area contributed by atoms with Crippen LogP contribution in [0.5, 0.6) is 0 Å². The number of hydrogen-bond acceptors (Lipinski definition) is 1. The van der Waals surface area contributed by atoms with Crippen molar-refractivity contribution >= 4 is 12.6 Å². The molecule has 0 radical (unpaired) electrons. The minimum Gasteiger partial charge on any atom is -0.179 e. The minimum atomic E-state index is 0. The second kappa shape index (κ2) is 8.85. The molecule has 0 fully saturated rings. The van der Waals surface area contributed by atoms with Gasteiger partial charge in [-0.25, -0.2) is 0 Å². The van der Waals surface area contributed by atoms with E-state index >= 15 is 0 Å². The molecule has 0 unspecified atom stereocenters. The molecule has 0 heterocycles. The van der Waals surface area contributed by atoms with Crippen molar-refractivity contribution in [1.82, 2.24) is 0 Å². The molecule has 0 rings (SSSR count). The molecule has 0 aliphatic carbocycles. The molecular weight excluding hydrogens is 127 g/mol. The van der Waals surface area contributed by atoms with Crippen molar-refractivity contribution in [2.24, 2.45) is 0 Å². The zero-order chi connectivity index (χ0) is 3.41. The van der Waals surface area contributed by atoms with Gasteiger partial charge in [-0.15, -0.1) is 0 Å². The zero-order valence-corrected chi connectivity index (χ0v) is 5.06. The average Bonchev–Trinajstić information content (AvgIpc) is 1.37. The van der Waals surface area contributed by atoms with Crippen molar-refractivity contribution in [3.8, 4) is 0 Å². The molecule has 0 aliphatic heterocycles. The monoisotopic (exact) mass is 134 g/mol. The van der Waals surface area contributed by atoms with Crippen LogP contribution in [0.25, 0.3) is 0 Å². The first-order chi connectivity index (χ1) is 1.91. The van der Waals surface area contributed by atoms with E-state index in [-0.39, 0.29) is 16.5 Å². The largest absolute Gasteiger partial charge is 0.179 e. The van der Waals surface area contributed by atoms with Gasteiger partial charge in [-0.1, -0.05) is 6.92 Å². The summed E-state index contributed by atoms with van der Waals surface area (Å²) in [6.45, 7) is 2.10. The molecule has 0 aromatic rings. The topological polar surface area (TPSA) is 0 Å². The quantitative estimate of drug-likeness (QED) is 0.406. The van der Waals surface area contributed by atoms with Crippen LogP contribution in [0.3, 0.4) is 0 Å². The van der Waals surface area contributed by atoms with Crippen LogP contribution in [-0.2, 0) is 16.5 Å². The molecule has 0 nitrogen and oxygen atoms in total. The van der Waals surface area contributed by atoms with E-state index in [0.717, 1.165) is 5.75 Å². The van der Waals surface area contributed by atoms with Gasteiger partial charge in [0.05, 0.1) is 0 Å². The summed E-state index contributed by atoms with van der Waals surface area (Å²) in [5.74, 6) is 1.01. The predicted octanol–water partition coefficient (Wildman–Crippen LogP) is 1.32. The number of hydrogen-bond donors (Lipinski definition) is 1. The molecule has 0 N–H and O–H groups in total. The summed E-state index contributed by atoms with van der Waals surface area (Å²) in [6.07, 6.45) is 1.18. The van der Waals surface area contributed by atoms with Gasteiger partial charge in [-0.3, -0.25) is 0 Å². The van der Waals surface area contributed by atoms with Crippen LogP contribution < -0.4 is 0 Å². The molecule has 0 aromatic carbocycles. The molecule has 0 amide bonds. The smallest absolute Gasteiger partial charge is 0 e. The van der Waals surface area contributed by atoms with Crippen LogP contribution in [0.4, 0.5) is 0 Å². The maximum atomic E-state index is 3.92. The maximum absolute atomic E-state index is 3.92. The Morgan fingerprint density at radius 3 is 1.80 bits per heavy atom. The van der Waals surface area contributed by atoms with Crippen molar-refractivity contribution in [2.75, 3.05) is 5.75 Å². The van der Waals surface area contributed by atoms with E-state index in [4.69, 9.17) is 0 Å². The summed E-state index contributed by atoms with van der Waals surface area (Å²) >= 11 is 3.92. The molecule has 0 aromatic heterocycles. The predicted molar refractivity (Wildman–Crippen MR) is 24.1 cm³/mol. The number of rotatable bonds is 1. The second-order valence-corrected chi connectivity index (χ2v) is 1.17. The first-order valence-electron chi connectivity index (χ1n) is 1.52. The molecule has 0 aliphatic rings. The van der Waals surface area contributed by atoms with Crippen LogP contribution in [0, 0.1) is 0 Å². The Morgan fingerprint density at radius 1 is 1.60 bits per heavy atom. The van der Waals surface area contributed by atoms with Crippen LogP contribution in [0.15, 0.2) is 0 Å². The third-order valence-electron chi connectivity index (χ3n) is 0.224. The fourth-order valence-electron chi connectivity index (χ4n) is 0. The Balaban J connectivity index is 0. The fraction of sp³-hybridized carbons (Fsp3) is 1.00. The van der Waals surface area contributed by atoms with Crippen molar-refractivity contribution < 1.29 is 16.5 Å². The van der Waals surface area contributed by atoms with Gasteiger partial charge >= 0.3 is 0 Å². The SMILES string of the molecule is CCCS.[Ni]. The van der Waals surface area contributed by atoms with Crippen molar-refractivity contribution in [1.29, 1.82) is 0 Å². The standard InChI is InChI=1S/C3H8S.Ni/c1-2-3-4;/h4H,2-3H2,1H3;. The van der Waals surface area contributed by atoms with Crippen LogP contribution in [0.2, 0.25) is 0 Å². The van der Waals surface area contributed by atoms with Crippen molar-refractivity contribution in [3.63, 3.8) is 0 Å². The molecule has 0 saturated heterocycles. The fourth-order valence-corrected chi connectivity index (χ4v) is 0. The first kappa shape index (κ1) is 9.28. The average molecular weight is 135 g/mol. The van der Waals surface area contributed by atoms with E-state index in [1.54, 1.807) is 0 Å². The van der Waals surface area contributed by atoms with Crippen LogP contribution >= 0.6 is 12.6 Å². The molecule has 5 heavy (non-hydrogen) atoms. The van der Waals surface area contributed by atoms with Gasteiger partial charge < -0.3 is 0 Å². The minimum absolute atomic E-state index is 0. The second-order valence-electron chi connectivity index (χ2n) is 0.724. The number of thiol groups is 1. The van der Waals surface area contributed by atoms with Gasteiger partial charge in [0.2, 0.25) is 0 Å². The maximum Gasteiger partial charge on any atom is 0 e. The third-order valence-corrected chi connectivity index (χ3v) is 0.671. The van der Waals surface area contributed by atoms with E-state index in [9.17, 15) is 0 Å². The Morgan fingerprint density at radius 2 is 1.80 bits per heavy atom. The van der Waals surface area contributed by atoms with Gasteiger partial charge in [0.1, 0.15) is 0 Å². The summed E-state index contributed by atoms with van der Waals surface area (Å²) < 4.78 is 0. The molecule has 36 valence electrons. The van der Waals surface area contributed by atoms with E-state index in [2.05, 4.69) is 19.6 Å². The summed E-state index contributed by atoms with van der Waals surface area (Å²) in [6, 6.07) is 0. The van der Waals surface area contributed by atoms with E-state index in [1.165, 1.54) is 6.42 Å². The molecule has 0 atom stereocenters. The molecular formula is C3H8NiS. The molecule has 2 heteroatoms. The Bertz CT molecular complexity index is 8.85. The first-order valence-corrected chi connectivity index (χ1v) is 2.16. The van der Waals surface area contributed by atoms with Gasteiger partial charge in [0.15, 0.2) is 0 Å². The summed E-state index contributed by atoms with van der Waals surface area (Å²) in [4.78, 5) is 0. The van der Waals surface area contributed by atoms with Crippen molar-refractivity contribution in [2.45, 2.75) is 13.3 Å². The normalized spacial score (nSPS) is 6.00. The van der Waals surface area contributed by atoms with E-state index < -0.39 is 0 Å². The zero-order valence-electron chi connectivity index (χ0n) is 3.18. The van der Waals surface area contributed by atoms with Gasteiger partial charge in [0, 0.05) is 16.5 Å². The van der Waals surface area contributed by atoms with Crippen LogP contribution in [0.1, 0.15) is 13.3 Å². The Kier molecular flexibility index (Phi) is 16.4. The van der Waals surface area contributed by atoms with E-state index in [0.29, 0.717) is 0 Å². The molecule has 0 saturated carbocycles. The van der Waals surface area contributed by atoms with Gasteiger partial charge in [0.25, 0.3) is 0 Å².